The molecule has 102 valence electrons. The van der Waals surface area contributed by atoms with Crippen LogP contribution in [0, 0.1) is 11.2 Å². The van der Waals surface area contributed by atoms with Crippen LogP contribution in [0.15, 0.2) is 12.1 Å². The number of imidazole rings is 1. The van der Waals surface area contributed by atoms with Crippen molar-refractivity contribution in [3.63, 3.8) is 0 Å². The largest absolute Gasteiger partial charge is 0.327 e. The van der Waals surface area contributed by atoms with Crippen LogP contribution in [0.25, 0.3) is 11.0 Å². The smallest absolute Gasteiger partial charge is 0.144 e. The van der Waals surface area contributed by atoms with E-state index in [0.29, 0.717) is 17.7 Å². The standard InChI is InChI=1S/C14H15Cl2FN2/c1-14(3-4-14)8-19-12-7-10(17)9(16)6-11(12)18-13(19)2-5-15/h6-7H,2-5,8H2,1H3. The fourth-order valence-corrected chi connectivity index (χ4v) is 2.70. The van der Waals surface area contributed by atoms with E-state index in [2.05, 4.69) is 16.5 Å². The summed E-state index contributed by atoms with van der Waals surface area (Å²) in [7, 11) is 0. The molecule has 1 fully saturated rings. The Bertz CT molecular complexity index is 632. The van der Waals surface area contributed by atoms with E-state index in [-0.39, 0.29) is 5.02 Å². The number of aryl methyl sites for hydroxylation is 1. The van der Waals surface area contributed by atoms with E-state index in [9.17, 15) is 4.39 Å². The zero-order valence-electron chi connectivity index (χ0n) is 10.7. The molecular weight excluding hydrogens is 286 g/mol. The van der Waals surface area contributed by atoms with Crippen molar-refractivity contribution in [1.29, 1.82) is 0 Å². The fourth-order valence-electron chi connectivity index (χ4n) is 2.38. The predicted octanol–water partition coefficient (Wildman–Crippen LogP) is 4.41. The summed E-state index contributed by atoms with van der Waals surface area (Å²) in [5.41, 5.74) is 1.89. The third-order valence-electron chi connectivity index (χ3n) is 3.83. The third-order valence-corrected chi connectivity index (χ3v) is 4.31. The summed E-state index contributed by atoms with van der Waals surface area (Å²) in [6, 6.07) is 3.07. The maximum absolute atomic E-state index is 13.7. The Labute approximate surface area is 121 Å². The summed E-state index contributed by atoms with van der Waals surface area (Å²) in [6.45, 7) is 3.12. The van der Waals surface area contributed by atoms with Gasteiger partial charge in [-0.15, -0.1) is 11.6 Å². The van der Waals surface area contributed by atoms with Gasteiger partial charge in [-0.2, -0.15) is 0 Å². The number of fused-ring (bicyclic) bond motifs is 1. The minimum atomic E-state index is -0.395. The topological polar surface area (TPSA) is 17.8 Å². The van der Waals surface area contributed by atoms with Crippen LogP contribution in [0.4, 0.5) is 4.39 Å². The molecular formula is C14H15Cl2FN2. The highest BCUT2D eigenvalue weighted by atomic mass is 35.5. The van der Waals surface area contributed by atoms with Crippen molar-refractivity contribution < 1.29 is 4.39 Å². The molecule has 0 unspecified atom stereocenters. The summed E-state index contributed by atoms with van der Waals surface area (Å²) >= 11 is 11.7. The van der Waals surface area contributed by atoms with Crippen molar-refractivity contribution in [3.8, 4) is 0 Å². The summed E-state index contributed by atoms with van der Waals surface area (Å²) in [5, 5.41) is 0.118. The van der Waals surface area contributed by atoms with E-state index in [1.165, 1.54) is 18.9 Å². The molecule has 0 bridgehead atoms. The van der Waals surface area contributed by atoms with Gasteiger partial charge >= 0.3 is 0 Å². The lowest BCUT2D eigenvalue weighted by Crippen LogP contribution is -2.11. The fraction of sp³-hybridized carbons (Fsp3) is 0.500. The second kappa shape index (κ2) is 4.64. The van der Waals surface area contributed by atoms with Gasteiger partial charge in [-0.25, -0.2) is 9.37 Å². The van der Waals surface area contributed by atoms with Gasteiger partial charge < -0.3 is 4.57 Å². The van der Waals surface area contributed by atoms with Crippen LogP contribution in [0.1, 0.15) is 25.6 Å². The number of alkyl halides is 1. The molecule has 0 amide bonds. The van der Waals surface area contributed by atoms with E-state index in [1.54, 1.807) is 6.07 Å². The molecule has 19 heavy (non-hydrogen) atoms. The van der Waals surface area contributed by atoms with Crippen molar-refractivity contribution in [2.45, 2.75) is 32.7 Å². The second-order valence-corrected chi connectivity index (χ2v) is 6.40. The molecule has 0 aliphatic heterocycles. The molecule has 0 radical (unpaired) electrons. The SMILES string of the molecule is CC1(Cn2c(CCCl)nc3cc(Cl)c(F)cc32)CC1. The monoisotopic (exact) mass is 300 g/mol. The highest BCUT2D eigenvalue weighted by Crippen LogP contribution is 2.47. The van der Waals surface area contributed by atoms with Gasteiger partial charge in [-0.05, 0) is 24.3 Å². The molecule has 1 heterocycles. The Morgan fingerprint density at radius 3 is 2.79 bits per heavy atom. The Balaban J connectivity index is 2.13. The summed E-state index contributed by atoms with van der Waals surface area (Å²) in [4.78, 5) is 4.54. The molecule has 1 saturated carbocycles. The Morgan fingerprint density at radius 1 is 1.42 bits per heavy atom. The van der Waals surface area contributed by atoms with Crippen LogP contribution in [0.3, 0.4) is 0 Å². The average molecular weight is 301 g/mol. The number of nitrogens with zero attached hydrogens (tertiary/aromatic N) is 2. The zero-order chi connectivity index (χ0) is 13.6. The average Bonchev–Trinajstić information content (AvgIpc) is 3.00. The molecule has 2 aromatic rings. The van der Waals surface area contributed by atoms with Crippen molar-refractivity contribution in [2.24, 2.45) is 5.41 Å². The summed E-state index contributed by atoms with van der Waals surface area (Å²) in [6.07, 6.45) is 3.11. The summed E-state index contributed by atoms with van der Waals surface area (Å²) < 4.78 is 15.8. The van der Waals surface area contributed by atoms with Crippen molar-refractivity contribution >= 4 is 34.2 Å². The molecule has 2 nitrogen and oxygen atoms in total. The lowest BCUT2D eigenvalue weighted by Gasteiger charge is -2.13. The van der Waals surface area contributed by atoms with Crippen LogP contribution in [-0.2, 0) is 13.0 Å². The molecule has 1 aliphatic carbocycles. The molecule has 3 rings (SSSR count). The normalized spacial score (nSPS) is 17.1. The van der Waals surface area contributed by atoms with Crippen molar-refractivity contribution in [2.75, 3.05) is 5.88 Å². The predicted molar refractivity (Wildman–Crippen MR) is 76.5 cm³/mol. The second-order valence-electron chi connectivity index (χ2n) is 5.62. The number of rotatable bonds is 4. The Kier molecular flexibility index (Phi) is 3.22. The Morgan fingerprint density at radius 2 is 2.16 bits per heavy atom. The number of halogens is 3. The molecule has 0 spiro atoms. The number of benzene rings is 1. The van der Waals surface area contributed by atoms with Gasteiger partial charge in [0, 0.05) is 24.9 Å². The minimum absolute atomic E-state index is 0.118. The lowest BCUT2D eigenvalue weighted by molar-refractivity contribution is 0.462. The van der Waals surface area contributed by atoms with Gasteiger partial charge in [0.05, 0.1) is 16.1 Å². The maximum Gasteiger partial charge on any atom is 0.144 e. The van der Waals surface area contributed by atoms with E-state index in [4.69, 9.17) is 23.2 Å². The van der Waals surface area contributed by atoms with Crippen LogP contribution >= 0.6 is 23.2 Å². The molecule has 1 aromatic carbocycles. The van der Waals surface area contributed by atoms with Gasteiger partial charge in [0.1, 0.15) is 11.6 Å². The molecule has 0 atom stereocenters. The first kappa shape index (κ1) is 13.2. The van der Waals surface area contributed by atoms with E-state index >= 15 is 0 Å². The zero-order valence-corrected chi connectivity index (χ0v) is 12.2. The van der Waals surface area contributed by atoms with Crippen LogP contribution in [-0.4, -0.2) is 15.4 Å². The van der Waals surface area contributed by atoms with Crippen molar-refractivity contribution in [1.82, 2.24) is 9.55 Å². The molecule has 1 aromatic heterocycles. The van der Waals surface area contributed by atoms with E-state index < -0.39 is 5.82 Å². The molecule has 0 N–H and O–H groups in total. The van der Waals surface area contributed by atoms with Crippen LogP contribution in [0.2, 0.25) is 5.02 Å². The first-order valence-corrected chi connectivity index (χ1v) is 7.34. The first-order chi connectivity index (χ1) is 9.02. The van der Waals surface area contributed by atoms with Gasteiger partial charge in [0.2, 0.25) is 0 Å². The maximum atomic E-state index is 13.7. The van der Waals surface area contributed by atoms with Crippen LogP contribution < -0.4 is 0 Å². The quantitative estimate of drug-likeness (QED) is 0.765. The molecule has 5 heteroatoms. The minimum Gasteiger partial charge on any atom is -0.327 e. The lowest BCUT2D eigenvalue weighted by atomic mass is 10.1. The highest BCUT2D eigenvalue weighted by Gasteiger charge is 2.38. The number of aromatic nitrogens is 2. The van der Waals surface area contributed by atoms with Gasteiger partial charge in [0.15, 0.2) is 0 Å². The van der Waals surface area contributed by atoms with Gasteiger partial charge in [-0.3, -0.25) is 0 Å². The molecule has 0 saturated heterocycles. The van der Waals surface area contributed by atoms with Gasteiger partial charge in [0.25, 0.3) is 0 Å². The number of hydrogen-bond donors (Lipinski definition) is 0. The number of hydrogen-bond acceptors (Lipinski definition) is 1. The van der Waals surface area contributed by atoms with Gasteiger partial charge in [-0.1, -0.05) is 18.5 Å². The third kappa shape index (κ3) is 2.46. The van der Waals surface area contributed by atoms with Crippen molar-refractivity contribution in [3.05, 3.63) is 28.8 Å². The summed E-state index contributed by atoms with van der Waals surface area (Å²) in [5.74, 6) is 1.03. The van der Waals surface area contributed by atoms with E-state index in [1.807, 2.05) is 0 Å². The molecule has 1 aliphatic rings. The first-order valence-electron chi connectivity index (χ1n) is 6.42. The Hall–Kier alpha value is -0.800. The highest BCUT2D eigenvalue weighted by molar-refractivity contribution is 6.31. The van der Waals surface area contributed by atoms with Crippen LogP contribution in [0.5, 0.6) is 0 Å². The van der Waals surface area contributed by atoms with E-state index in [0.717, 1.165) is 23.4 Å².